The van der Waals surface area contributed by atoms with Crippen molar-refractivity contribution in [3.8, 4) is 5.69 Å². The van der Waals surface area contributed by atoms with Crippen molar-refractivity contribution in [2.75, 3.05) is 10.2 Å². The molecule has 150 valence electrons. The number of anilines is 2. The highest BCUT2D eigenvalue weighted by atomic mass is 32.1. The molecule has 0 fully saturated rings. The van der Waals surface area contributed by atoms with Gasteiger partial charge in [0.25, 0.3) is 0 Å². The van der Waals surface area contributed by atoms with Crippen molar-refractivity contribution in [2.24, 2.45) is 0 Å². The highest BCUT2D eigenvalue weighted by Gasteiger charge is 2.30. The Labute approximate surface area is 172 Å². The molecule has 0 spiro atoms. The lowest BCUT2D eigenvalue weighted by molar-refractivity contribution is -0.138. The number of H-pyrrole nitrogens is 1. The third-order valence-corrected chi connectivity index (χ3v) is 4.73. The van der Waals surface area contributed by atoms with Gasteiger partial charge in [-0.1, -0.05) is 34.6 Å². The molecule has 29 heavy (non-hydrogen) atoms. The van der Waals surface area contributed by atoms with Gasteiger partial charge in [0.1, 0.15) is 12.1 Å². The van der Waals surface area contributed by atoms with Gasteiger partial charge in [0, 0.05) is 11.4 Å². The average Bonchev–Trinajstić information content (AvgIpc) is 3.15. The van der Waals surface area contributed by atoms with Gasteiger partial charge in [-0.3, -0.25) is 4.79 Å². The molecule has 0 aliphatic carbocycles. The van der Waals surface area contributed by atoms with Gasteiger partial charge in [-0.15, -0.1) is 0 Å². The number of aromatic amines is 1. The van der Waals surface area contributed by atoms with Crippen molar-refractivity contribution in [3.05, 3.63) is 59.4 Å². The summed E-state index contributed by atoms with van der Waals surface area (Å²) in [4.78, 5) is 26.1. The van der Waals surface area contributed by atoms with Crippen LogP contribution in [0, 0.1) is 4.77 Å². The van der Waals surface area contributed by atoms with Crippen LogP contribution in [0.15, 0.2) is 54.6 Å². The maximum Gasteiger partial charge on any atom is 0.326 e. The number of hydrogen-bond acceptors (Lipinski definition) is 6. The summed E-state index contributed by atoms with van der Waals surface area (Å²) in [5.41, 5.74) is 1.84. The number of para-hydroxylation sites is 1. The molecule has 0 aliphatic rings. The maximum absolute atomic E-state index is 12.9. The lowest BCUT2D eigenvalue weighted by Crippen LogP contribution is -2.50. The van der Waals surface area contributed by atoms with Gasteiger partial charge in [0.05, 0.1) is 5.69 Å². The predicted octanol–water partition coefficient (Wildman–Crippen LogP) is 2.63. The number of carboxylic acid groups (broad SMARTS) is 1. The van der Waals surface area contributed by atoms with Gasteiger partial charge in [-0.25, -0.2) is 9.48 Å². The van der Waals surface area contributed by atoms with Crippen molar-refractivity contribution in [2.45, 2.75) is 25.9 Å². The van der Waals surface area contributed by atoms with E-state index < -0.39 is 18.1 Å². The molecule has 1 aromatic heterocycles. The maximum atomic E-state index is 12.9. The number of tetrazole rings is 1. The summed E-state index contributed by atoms with van der Waals surface area (Å²) < 4.78 is 1.75. The molecule has 9 nitrogen and oxygen atoms in total. The first-order valence-corrected chi connectivity index (χ1v) is 9.27. The average molecular weight is 412 g/mol. The first kappa shape index (κ1) is 20.2. The summed E-state index contributed by atoms with van der Waals surface area (Å²) in [6, 6.07) is 14.3. The van der Waals surface area contributed by atoms with Crippen molar-refractivity contribution in [1.29, 1.82) is 0 Å². The summed E-state index contributed by atoms with van der Waals surface area (Å²) >= 11 is 5.09. The van der Waals surface area contributed by atoms with Crippen LogP contribution in [0.5, 0.6) is 0 Å². The molecule has 0 radical (unpaired) electrons. The largest absolute Gasteiger partial charge is 0.480 e. The minimum Gasteiger partial charge on any atom is -0.480 e. The third kappa shape index (κ3) is 4.49. The second kappa shape index (κ2) is 8.65. The minimum absolute atomic E-state index is 0.257. The van der Waals surface area contributed by atoms with E-state index in [-0.39, 0.29) is 10.7 Å². The van der Waals surface area contributed by atoms with Crippen LogP contribution in [0.2, 0.25) is 0 Å². The van der Waals surface area contributed by atoms with Gasteiger partial charge >= 0.3 is 5.97 Å². The van der Waals surface area contributed by atoms with E-state index in [4.69, 9.17) is 12.2 Å². The number of nitrogens with zero attached hydrogens (tertiary/aromatic N) is 4. The van der Waals surface area contributed by atoms with E-state index in [1.165, 1.54) is 4.68 Å². The monoisotopic (exact) mass is 412 g/mol. The van der Waals surface area contributed by atoms with Crippen molar-refractivity contribution in [3.63, 3.8) is 0 Å². The van der Waals surface area contributed by atoms with Gasteiger partial charge in [0.2, 0.25) is 10.7 Å². The molecule has 1 amide bonds. The zero-order valence-corrected chi connectivity index (χ0v) is 16.6. The Kier molecular flexibility index (Phi) is 6.03. The number of benzene rings is 2. The molecular formula is C19H20N6O3S. The van der Waals surface area contributed by atoms with Crippen LogP contribution < -0.4 is 10.2 Å². The Morgan fingerprint density at radius 2 is 1.86 bits per heavy atom. The van der Waals surface area contributed by atoms with Crippen LogP contribution in [-0.4, -0.2) is 49.3 Å². The highest BCUT2D eigenvalue weighted by molar-refractivity contribution is 7.71. The topological polar surface area (TPSA) is 116 Å². The highest BCUT2D eigenvalue weighted by Crippen LogP contribution is 2.22. The van der Waals surface area contributed by atoms with Crippen molar-refractivity contribution >= 4 is 35.5 Å². The fourth-order valence-electron chi connectivity index (χ4n) is 2.96. The van der Waals surface area contributed by atoms with E-state index in [0.29, 0.717) is 17.1 Å². The lowest BCUT2D eigenvalue weighted by atomic mass is 10.1. The Balaban J connectivity index is 1.84. The molecule has 2 atom stereocenters. The predicted molar refractivity (Wildman–Crippen MR) is 111 cm³/mol. The van der Waals surface area contributed by atoms with Crippen LogP contribution in [0.4, 0.5) is 11.4 Å². The molecule has 1 heterocycles. The second-order valence-electron chi connectivity index (χ2n) is 6.39. The first-order chi connectivity index (χ1) is 13.9. The first-order valence-electron chi connectivity index (χ1n) is 8.86. The number of rotatable bonds is 7. The van der Waals surface area contributed by atoms with Crippen LogP contribution in [0.1, 0.15) is 13.8 Å². The van der Waals surface area contributed by atoms with Gasteiger partial charge in [-0.05, 0) is 56.4 Å². The van der Waals surface area contributed by atoms with Crippen LogP contribution >= 0.6 is 12.2 Å². The zero-order chi connectivity index (χ0) is 21.0. The number of carbonyl (C=O) groups is 2. The van der Waals surface area contributed by atoms with E-state index in [9.17, 15) is 14.7 Å². The number of carboxylic acids is 1. The number of hydrogen-bond donors (Lipinski definition) is 3. The smallest absolute Gasteiger partial charge is 0.326 e. The van der Waals surface area contributed by atoms with Crippen molar-refractivity contribution < 1.29 is 14.7 Å². The molecule has 2 aromatic carbocycles. The second-order valence-corrected chi connectivity index (χ2v) is 6.76. The summed E-state index contributed by atoms with van der Waals surface area (Å²) in [6.45, 7) is 3.22. The van der Waals surface area contributed by atoms with E-state index in [1.807, 2.05) is 6.07 Å². The molecule has 2 unspecified atom stereocenters. The molecular weight excluding hydrogens is 392 g/mol. The fourth-order valence-corrected chi connectivity index (χ4v) is 3.15. The Bertz CT molecular complexity index is 1060. The van der Waals surface area contributed by atoms with E-state index in [0.717, 1.165) is 0 Å². The molecule has 0 saturated heterocycles. The lowest BCUT2D eigenvalue weighted by Gasteiger charge is -2.33. The summed E-state index contributed by atoms with van der Waals surface area (Å²) in [6.07, 6.45) is 0. The molecule has 0 aliphatic heterocycles. The zero-order valence-electron chi connectivity index (χ0n) is 15.8. The molecule has 3 aromatic rings. The summed E-state index contributed by atoms with van der Waals surface area (Å²) in [5, 5.41) is 22.4. The number of aliphatic carboxylic acids is 1. The number of nitrogens with one attached hydrogen (secondary N) is 2. The SMILES string of the molecule is CC(C(=O)O)N(c1ccccc1)C(C)C(=O)Nc1cccc(-n2[nH]nnc2=S)c1. The molecule has 10 heteroatoms. The third-order valence-electron chi connectivity index (χ3n) is 4.47. The van der Waals surface area contributed by atoms with Crippen LogP contribution in [-0.2, 0) is 9.59 Å². The van der Waals surface area contributed by atoms with E-state index in [1.54, 1.807) is 67.3 Å². The molecule has 0 saturated carbocycles. The van der Waals surface area contributed by atoms with Gasteiger partial charge in [0.15, 0.2) is 0 Å². The quantitative estimate of drug-likeness (QED) is 0.511. The Morgan fingerprint density at radius 3 is 2.48 bits per heavy atom. The normalized spacial score (nSPS) is 12.8. The molecule has 0 bridgehead atoms. The van der Waals surface area contributed by atoms with Crippen LogP contribution in [0.3, 0.4) is 0 Å². The number of amides is 1. The number of aromatic nitrogens is 4. The Morgan fingerprint density at radius 1 is 1.14 bits per heavy atom. The summed E-state index contributed by atoms with van der Waals surface area (Å²) in [7, 11) is 0. The van der Waals surface area contributed by atoms with Gasteiger partial charge in [-0.2, -0.15) is 5.21 Å². The minimum atomic E-state index is -1.02. The van der Waals surface area contributed by atoms with Gasteiger partial charge < -0.3 is 15.3 Å². The summed E-state index contributed by atoms with van der Waals surface area (Å²) in [5.74, 6) is -1.36. The Hall–Kier alpha value is -3.53. The van der Waals surface area contributed by atoms with E-state index in [2.05, 4.69) is 20.8 Å². The standard InChI is InChI=1S/C19H20N6O3S/c1-12(24(13(2)18(27)28)15-8-4-3-5-9-15)17(26)20-14-7-6-10-16(11-14)25-19(29)21-22-23-25/h3-13H,1-2H3,(H,20,26)(H,27,28)(H,21,23,29). The number of carbonyl (C=O) groups excluding carboxylic acids is 1. The molecule has 3 rings (SSSR count). The van der Waals surface area contributed by atoms with E-state index >= 15 is 0 Å². The fraction of sp³-hybridized carbons (Fsp3) is 0.211. The van der Waals surface area contributed by atoms with Crippen LogP contribution in [0.25, 0.3) is 5.69 Å². The van der Waals surface area contributed by atoms with Crippen molar-refractivity contribution in [1.82, 2.24) is 20.2 Å². The molecule has 3 N–H and O–H groups in total.